The number of rotatable bonds is 3. The van der Waals surface area contributed by atoms with Crippen LogP contribution in [-0.4, -0.2) is 80.5 Å². The van der Waals surface area contributed by atoms with Gasteiger partial charge in [0.05, 0.1) is 30.3 Å². The van der Waals surface area contributed by atoms with Gasteiger partial charge in [0.2, 0.25) is 11.8 Å². The summed E-state index contributed by atoms with van der Waals surface area (Å²) in [5, 5.41) is 4.09. The number of amides is 2. The van der Waals surface area contributed by atoms with Gasteiger partial charge in [-0.25, -0.2) is 13.4 Å². The highest BCUT2D eigenvalue weighted by Crippen LogP contribution is 2.36. The lowest BCUT2D eigenvalue weighted by molar-refractivity contribution is -0.142. The molecular formula is C17H23N7O4S. The fraction of sp³-hybridized carbons (Fsp3) is 0.529. The predicted octanol–water partition coefficient (Wildman–Crippen LogP) is -0.818. The number of hydrogen-bond donors (Lipinski definition) is 0. The fourth-order valence-corrected chi connectivity index (χ4v) is 5.60. The average Bonchev–Trinajstić information content (AvgIpc) is 3.37. The molecule has 4 rings (SSSR count). The Morgan fingerprint density at radius 3 is 2.55 bits per heavy atom. The van der Waals surface area contributed by atoms with Gasteiger partial charge in [-0.1, -0.05) is 0 Å². The number of anilines is 1. The summed E-state index contributed by atoms with van der Waals surface area (Å²) in [5.74, 6) is -0.467. The van der Waals surface area contributed by atoms with Crippen LogP contribution < -0.4 is 4.90 Å². The van der Waals surface area contributed by atoms with Crippen LogP contribution >= 0.6 is 0 Å². The Kier molecular flexibility index (Phi) is 4.50. The van der Waals surface area contributed by atoms with Crippen molar-refractivity contribution in [1.29, 1.82) is 0 Å². The highest BCUT2D eigenvalue weighted by Gasteiger charge is 2.53. The Morgan fingerprint density at radius 2 is 1.97 bits per heavy atom. The van der Waals surface area contributed by atoms with Crippen LogP contribution in [0.25, 0.3) is 0 Å². The number of carbonyl (C=O) groups excluding carboxylic acids is 2. The summed E-state index contributed by atoms with van der Waals surface area (Å²) in [7, 11) is -0.332. The SMILES string of the molecule is CC(=O)N1CC(=O)N(c2cnn(C)c2)CC12CCN(S(=O)(=O)c1cn(C)cn1)C2. The van der Waals surface area contributed by atoms with Crippen LogP contribution in [0.2, 0.25) is 0 Å². The zero-order chi connectivity index (χ0) is 21.0. The van der Waals surface area contributed by atoms with Crippen LogP contribution in [0.15, 0.2) is 29.9 Å². The van der Waals surface area contributed by atoms with Gasteiger partial charge in [0.1, 0.15) is 6.54 Å². The van der Waals surface area contributed by atoms with Crippen LogP contribution in [0, 0.1) is 0 Å². The molecule has 2 fully saturated rings. The molecule has 2 aliphatic rings. The molecule has 0 saturated carbocycles. The fourth-order valence-electron chi connectivity index (χ4n) is 4.11. The molecule has 1 atom stereocenters. The largest absolute Gasteiger partial charge is 0.339 e. The van der Waals surface area contributed by atoms with Gasteiger partial charge >= 0.3 is 0 Å². The van der Waals surface area contributed by atoms with Gasteiger partial charge in [-0.2, -0.15) is 9.40 Å². The number of aromatic nitrogens is 4. The normalized spacial score (nSPS) is 23.3. The second-order valence-electron chi connectivity index (χ2n) is 7.65. The van der Waals surface area contributed by atoms with E-state index in [1.54, 1.807) is 40.6 Å². The van der Waals surface area contributed by atoms with E-state index in [2.05, 4.69) is 10.1 Å². The first-order valence-electron chi connectivity index (χ1n) is 9.18. The first-order chi connectivity index (χ1) is 13.6. The first-order valence-corrected chi connectivity index (χ1v) is 10.6. The van der Waals surface area contributed by atoms with Gasteiger partial charge in [-0.05, 0) is 6.42 Å². The summed E-state index contributed by atoms with van der Waals surface area (Å²) in [6.45, 7) is 1.88. The lowest BCUT2D eigenvalue weighted by Gasteiger charge is -2.47. The van der Waals surface area contributed by atoms with Crippen LogP contribution in [0.3, 0.4) is 0 Å². The van der Waals surface area contributed by atoms with Crippen molar-refractivity contribution in [1.82, 2.24) is 28.5 Å². The molecule has 0 aromatic carbocycles. The molecule has 4 heterocycles. The summed E-state index contributed by atoms with van der Waals surface area (Å²) < 4.78 is 30.6. The molecule has 0 N–H and O–H groups in total. The molecular weight excluding hydrogens is 398 g/mol. The minimum atomic E-state index is -3.79. The van der Waals surface area contributed by atoms with Gasteiger partial charge in [0.15, 0.2) is 5.03 Å². The van der Waals surface area contributed by atoms with E-state index in [0.717, 1.165) is 0 Å². The number of nitrogens with zero attached hydrogens (tertiary/aromatic N) is 7. The van der Waals surface area contributed by atoms with Gasteiger partial charge in [0, 0.05) is 46.5 Å². The van der Waals surface area contributed by atoms with Gasteiger partial charge in [0.25, 0.3) is 10.0 Å². The van der Waals surface area contributed by atoms with Crippen molar-refractivity contribution < 1.29 is 18.0 Å². The Morgan fingerprint density at radius 1 is 1.21 bits per heavy atom. The highest BCUT2D eigenvalue weighted by molar-refractivity contribution is 7.89. The summed E-state index contributed by atoms with van der Waals surface area (Å²) in [6, 6.07) is 0. The van der Waals surface area contributed by atoms with Gasteiger partial charge < -0.3 is 14.4 Å². The number of hydrogen-bond acceptors (Lipinski definition) is 6. The topological polar surface area (TPSA) is 114 Å². The van der Waals surface area contributed by atoms with E-state index in [1.807, 2.05) is 0 Å². The van der Waals surface area contributed by atoms with Crippen LogP contribution in [0.4, 0.5) is 5.69 Å². The molecule has 2 amide bonds. The number of carbonyl (C=O) groups is 2. The summed E-state index contributed by atoms with van der Waals surface area (Å²) in [5.41, 5.74) is -0.164. The molecule has 2 aliphatic heterocycles. The minimum Gasteiger partial charge on any atom is -0.339 e. The first kappa shape index (κ1) is 19.6. The molecule has 1 unspecified atom stereocenters. The molecule has 2 saturated heterocycles. The average molecular weight is 421 g/mol. The molecule has 156 valence electrons. The third kappa shape index (κ3) is 3.21. The van der Waals surface area contributed by atoms with E-state index in [9.17, 15) is 18.0 Å². The predicted molar refractivity (Wildman–Crippen MR) is 102 cm³/mol. The Labute approximate surface area is 168 Å². The molecule has 11 nitrogen and oxygen atoms in total. The second kappa shape index (κ2) is 6.66. The minimum absolute atomic E-state index is 0.0255. The second-order valence-corrected chi connectivity index (χ2v) is 9.53. The highest BCUT2D eigenvalue weighted by atomic mass is 32.2. The molecule has 12 heteroatoms. The van der Waals surface area contributed by atoms with E-state index in [4.69, 9.17) is 0 Å². The van der Waals surface area contributed by atoms with Crippen molar-refractivity contribution in [2.45, 2.75) is 23.9 Å². The van der Waals surface area contributed by atoms with Crippen molar-refractivity contribution >= 4 is 27.5 Å². The third-order valence-electron chi connectivity index (χ3n) is 5.59. The number of aryl methyl sites for hydroxylation is 2. The van der Waals surface area contributed by atoms with E-state index >= 15 is 0 Å². The van der Waals surface area contributed by atoms with Crippen LogP contribution in [0.5, 0.6) is 0 Å². The smallest absolute Gasteiger partial charge is 0.262 e. The van der Waals surface area contributed by atoms with E-state index in [1.165, 1.54) is 28.7 Å². The van der Waals surface area contributed by atoms with Crippen molar-refractivity contribution in [3.8, 4) is 0 Å². The molecule has 0 aliphatic carbocycles. The van der Waals surface area contributed by atoms with Crippen LogP contribution in [0.1, 0.15) is 13.3 Å². The zero-order valence-corrected chi connectivity index (χ0v) is 17.3. The maximum absolute atomic E-state index is 13.0. The van der Waals surface area contributed by atoms with Crippen molar-refractivity contribution in [3.05, 3.63) is 24.9 Å². The van der Waals surface area contributed by atoms with E-state index < -0.39 is 15.6 Å². The summed E-state index contributed by atoms with van der Waals surface area (Å²) >= 11 is 0. The Bertz CT molecular complexity index is 1080. The number of piperazine rings is 1. The Balaban J connectivity index is 1.66. The number of sulfonamides is 1. The maximum atomic E-state index is 13.0. The molecule has 2 aromatic heterocycles. The monoisotopic (exact) mass is 421 g/mol. The standard InChI is InChI=1S/C17H23N7O4S/c1-13(25)24-9-16(26)23(14-6-19-21(3)7-14)11-17(24)4-5-22(10-17)29(27,28)15-8-20(2)12-18-15/h6-8,12H,4-5,9-11H2,1-3H3. The van der Waals surface area contributed by atoms with Crippen molar-refractivity contribution in [3.63, 3.8) is 0 Å². The molecule has 0 bridgehead atoms. The zero-order valence-electron chi connectivity index (χ0n) is 16.5. The maximum Gasteiger partial charge on any atom is 0.262 e. The quantitative estimate of drug-likeness (QED) is 0.640. The van der Waals surface area contributed by atoms with Crippen molar-refractivity contribution in [2.24, 2.45) is 14.1 Å². The van der Waals surface area contributed by atoms with Gasteiger partial charge in [-0.15, -0.1) is 0 Å². The van der Waals surface area contributed by atoms with Crippen LogP contribution in [-0.2, 0) is 33.7 Å². The van der Waals surface area contributed by atoms with E-state index in [-0.39, 0.29) is 43.0 Å². The molecule has 0 radical (unpaired) electrons. The lowest BCUT2D eigenvalue weighted by atomic mass is 9.92. The van der Waals surface area contributed by atoms with E-state index in [0.29, 0.717) is 12.1 Å². The van der Waals surface area contributed by atoms with Crippen molar-refractivity contribution in [2.75, 3.05) is 31.1 Å². The summed E-state index contributed by atoms with van der Waals surface area (Å²) in [4.78, 5) is 32.1. The molecule has 29 heavy (non-hydrogen) atoms. The molecule has 2 aromatic rings. The van der Waals surface area contributed by atoms with Gasteiger partial charge in [-0.3, -0.25) is 14.3 Å². The lowest BCUT2D eigenvalue weighted by Crippen LogP contribution is -2.67. The third-order valence-corrected chi connectivity index (χ3v) is 7.32. The molecule has 1 spiro atoms. The Hall–Kier alpha value is -2.73. The summed E-state index contributed by atoms with van der Waals surface area (Å²) in [6.07, 6.45) is 6.64. The number of imidazole rings is 1.